The van der Waals surface area contributed by atoms with Crippen LogP contribution >= 0.6 is 0 Å². The third-order valence-electron chi connectivity index (χ3n) is 3.59. The summed E-state index contributed by atoms with van der Waals surface area (Å²) in [6, 6.07) is 0. The van der Waals surface area contributed by atoms with Gasteiger partial charge in [0.15, 0.2) is 0 Å². The molecule has 0 spiro atoms. The van der Waals surface area contributed by atoms with E-state index in [1.807, 2.05) is 0 Å². The van der Waals surface area contributed by atoms with Crippen molar-refractivity contribution in [1.29, 1.82) is 0 Å². The van der Waals surface area contributed by atoms with Gasteiger partial charge in [0.2, 0.25) is 5.84 Å². The van der Waals surface area contributed by atoms with E-state index in [1.54, 1.807) is 0 Å². The molecule has 0 aliphatic carbocycles. The Balaban J connectivity index is 0. The van der Waals surface area contributed by atoms with E-state index in [0.29, 0.717) is 6.54 Å². The monoisotopic (exact) mass is 459 g/mol. The number of carbonyl (C=O) groups excluding carboxylic acids is 3. The summed E-state index contributed by atoms with van der Waals surface area (Å²) in [5.74, 6) is -3.53. The fourth-order valence-electron chi connectivity index (χ4n) is 1.69. The molecule has 0 aliphatic heterocycles. The Morgan fingerprint density at radius 1 is 1.13 bits per heavy atom. The molecular formula is C18H32F3N3O7. The zero-order valence-electron chi connectivity index (χ0n) is 18.1. The summed E-state index contributed by atoms with van der Waals surface area (Å²) in [5.41, 5.74) is 4.16. The van der Waals surface area contributed by atoms with Crippen molar-refractivity contribution in [3.8, 4) is 0 Å². The summed E-state index contributed by atoms with van der Waals surface area (Å²) >= 11 is 0. The number of ether oxygens (including phenoxy) is 2. The lowest BCUT2D eigenvalue weighted by Gasteiger charge is -2.24. The van der Waals surface area contributed by atoms with Crippen molar-refractivity contribution in [3.63, 3.8) is 0 Å². The largest absolute Gasteiger partial charge is 0.542 e. The van der Waals surface area contributed by atoms with Crippen LogP contribution in [0.2, 0.25) is 0 Å². The second kappa shape index (κ2) is 13.7. The molecule has 0 radical (unpaired) electrons. The minimum absolute atomic E-state index is 0.00968. The van der Waals surface area contributed by atoms with E-state index in [9.17, 15) is 27.9 Å². The summed E-state index contributed by atoms with van der Waals surface area (Å²) in [5, 5.41) is 26.1. The maximum atomic E-state index is 12.0. The highest BCUT2D eigenvalue weighted by molar-refractivity contribution is 5.78. The predicted octanol–water partition coefficient (Wildman–Crippen LogP) is -1.11. The highest BCUT2D eigenvalue weighted by Crippen LogP contribution is 2.20. The SMILES string of the molecule is CC(C)(C)CCCNC(=O)OCC(C)(CO)C(=O)OCCC(N)=[NH2+].O=C([O-])C(F)(F)F. The van der Waals surface area contributed by atoms with Crippen molar-refractivity contribution < 1.29 is 52.7 Å². The second-order valence-electron chi connectivity index (χ2n) is 8.13. The zero-order valence-corrected chi connectivity index (χ0v) is 18.1. The van der Waals surface area contributed by atoms with Crippen LogP contribution in [0.5, 0.6) is 0 Å². The quantitative estimate of drug-likeness (QED) is 0.137. The van der Waals surface area contributed by atoms with Gasteiger partial charge < -0.3 is 29.8 Å². The number of hydrogen-bond donors (Lipinski definition) is 4. The lowest BCUT2D eigenvalue weighted by atomic mass is 9.91. The highest BCUT2D eigenvalue weighted by atomic mass is 19.4. The Bertz CT molecular complexity index is 607. The Morgan fingerprint density at radius 2 is 1.65 bits per heavy atom. The van der Waals surface area contributed by atoms with Gasteiger partial charge in [-0.3, -0.25) is 15.9 Å². The van der Waals surface area contributed by atoms with Crippen LogP contribution in [0.15, 0.2) is 0 Å². The van der Waals surface area contributed by atoms with Gasteiger partial charge in [-0.15, -0.1) is 0 Å². The molecule has 1 unspecified atom stereocenters. The average molecular weight is 459 g/mol. The lowest BCUT2D eigenvalue weighted by molar-refractivity contribution is -0.344. The second-order valence-corrected chi connectivity index (χ2v) is 8.13. The summed E-state index contributed by atoms with van der Waals surface area (Å²) in [6.45, 7) is 7.54. The molecule has 0 saturated carbocycles. The zero-order chi connectivity index (χ0) is 24.9. The van der Waals surface area contributed by atoms with Crippen LogP contribution in [0, 0.1) is 10.8 Å². The van der Waals surface area contributed by atoms with Crippen LogP contribution in [0.1, 0.15) is 47.0 Å². The number of carboxylic acid groups (broad SMARTS) is 1. The molecule has 0 heterocycles. The van der Waals surface area contributed by atoms with Crippen molar-refractivity contribution in [2.24, 2.45) is 16.6 Å². The number of hydrogen-bond acceptors (Lipinski definition) is 7. The number of carbonyl (C=O) groups is 3. The number of rotatable bonds is 10. The molecule has 0 aromatic heterocycles. The number of alkyl halides is 3. The Kier molecular flexibility index (Phi) is 13.5. The number of carboxylic acids is 1. The Labute approximate surface area is 178 Å². The van der Waals surface area contributed by atoms with Crippen molar-refractivity contribution in [2.75, 3.05) is 26.4 Å². The molecule has 0 saturated heterocycles. The van der Waals surface area contributed by atoms with Crippen molar-refractivity contribution in [3.05, 3.63) is 0 Å². The van der Waals surface area contributed by atoms with Crippen LogP contribution in [-0.4, -0.2) is 61.5 Å². The fourth-order valence-corrected chi connectivity index (χ4v) is 1.69. The third-order valence-corrected chi connectivity index (χ3v) is 3.59. The summed E-state index contributed by atoms with van der Waals surface area (Å²) < 4.78 is 41.5. The molecule has 31 heavy (non-hydrogen) atoms. The molecule has 0 aliphatic rings. The number of esters is 1. The van der Waals surface area contributed by atoms with Gasteiger partial charge in [-0.1, -0.05) is 20.8 Å². The van der Waals surface area contributed by atoms with Crippen LogP contribution in [0.4, 0.5) is 18.0 Å². The minimum Gasteiger partial charge on any atom is -0.542 e. The number of aliphatic carboxylic acids is 1. The molecule has 0 bridgehead atoms. The maximum absolute atomic E-state index is 12.0. The Morgan fingerprint density at radius 3 is 2.03 bits per heavy atom. The smallest absolute Gasteiger partial charge is 0.430 e. The van der Waals surface area contributed by atoms with Crippen molar-refractivity contribution in [2.45, 2.75) is 53.1 Å². The van der Waals surface area contributed by atoms with E-state index < -0.39 is 36.2 Å². The highest BCUT2D eigenvalue weighted by Gasteiger charge is 2.36. The molecule has 13 heteroatoms. The van der Waals surface area contributed by atoms with Gasteiger partial charge >= 0.3 is 18.2 Å². The van der Waals surface area contributed by atoms with Gasteiger partial charge in [0.25, 0.3) is 0 Å². The van der Waals surface area contributed by atoms with E-state index in [-0.39, 0.29) is 30.9 Å². The van der Waals surface area contributed by atoms with Crippen LogP contribution in [0.3, 0.4) is 0 Å². The maximum Gasteiger partial charge on any atom is 0.430 e. The number of nitrogens with one attached hydrogen (secondary N) is 1. The number of amidine groups is 1. The number of aliphatic hydroxyl groups is 1. The summed E-state index contributed by atoms with van der Waals surface area (Å²) in [4.78, 5) is 32.4. The number of nitrogens with two attached hydrogens (primary N) is 2. The van der Waals surface area contributed by atoms with Gasteiger partial charge in [0.1, 0.15) is 24.6 Å². The van der Waals surface area contributed by atoms with Crippen LogP contribution in [-0.2, 0) is 19.1 Å². The molecule has 10 nitrogen and oxygen atoms in total. The Hall–Kier alpha value is -2.57. The van der Waals surface area contributed by atoms with Gasteiger partial charge in [-0.2, -0.15) is 13.2 Å². The van der Waals surface area contributed by atoms with E-state index in [0.717, 1.165) is 12.8 Å². The van der Waals surface area contributed by atoms with Gasteiger partial charge in [-0.25, -0.2) is 4.79 Å². The molecule has 1 atom stereocenters. The molecule has 6 N–H and O–H groups in total. The predicted molar refractivity (Wildman–Crippen MR) is 101 cm³/mol. The molecule has 0 aromatic rings. The van der Waals surface area contributed by atoms with Crippen molar-refractivity contribution >= 4 is 23.9 Å². The summed E-state index contributed by atoms with van der Waals surface area (Å²) in [7, 11) is 0. The first-order valence-corrected chi connectivity index (χ1v) is 9.28. The number of aliphatic hydroxyl groups excluding tert-OH is 1. The normalized spacial score (nSPS) is 13.2. The molecule has 0 aromatic carbocycles. The number of alkyl carbamates (subject to hydrolysis) is 1. The lowest BCUT2D eigenvalue weighted by Crippen LogP contribution is -2.46. The third kappa shape index (κ3) is 16.9. The van der Waals surface area contributed by atoms with Crippen LogP contribution in [0.25, 0.3) is 0 Å². The molecule has 0 rings (SSSR count). The average Bonchev–Trinajstić information content (AvgIpc) is 2.61. The molecule has 0 fully saturated rings. The first-order valence-electron chi connectivity index (χ1n) is 9.28. The molecule has 1 amide bonds. The minimum atomic E-state index is -5.19. The van der Waals surface area contributed by atoms with E-state index >= 15 is 0 Å². The fraction of sp³-hybridized carbons (Fsp3) is 0.778. The van der Waals surface area contributed by atoms with Crippen LogP contribution < -0.4 is 21.6 Å². The van der Waals surface area contributed by atoms with Gasteiger partial charge in [0, 0.05) is 6.54 Å². The van der Waals surface area contributed by atoms with E-state index in [1.165, 1.54) is 6.92 Å². The molecule has 182 valence electrons. The summed E-state index contributed by atoms with van der Waals surface area (Å²) in [6.07, 6.45) is -3.80. The first kappa shape index (κ1) is 30.6. The van der Waals surface area contributed by atoms with Gasteiger partial charge in [0.05, 0.1) is 13.0 Å². The topological polar surface area (TPSA) is 177 Å². The van der Waals surface area contributed by atoms with Gasteiger partial charge in [-0.05, 0) is 25.2 Å². The number of amides is 1. The standard InChI is InChI=1S/C16H31N3O5.C2HF3O2/c1-15(2,3)7-5-8-19-14(22)24-11-16(4,10-20)13(21)23-9-6-12(17)18;3-2(4,5)1(6)7/h20H,5-11H2,1-4H3,(H3,17,18)(H,19,22);(H,6,7). The van der Waals surface area contributed by atoms with Crippen molar-refractivity contribution in [1.82, 2.24) is 5.32 Å². The first-order chi connectivity index (χ1) is 13.9. The van der Waals surface area contributed by atoms with E-state index in [2.05, 4.69) is 26.1 Å². The number of halogens is 3. The molecular weight excluding hydrogens is 427 g/mol. The van der Waals surface area contributed by atoms with E-state index in [4.69, 9.17) is 30.5 Å².